The van der Waals surface area contributed by atoms with Crippen LogP contribution in [0, 0.1) is 0 Å². The highest BCUT2D eigenvalue weighted by molar-refractivity contribution is 5.57. The van der Waals surface area contributed by atoms with E-state index in [1.165, 1.54) is 0 Å². The van der Waals surface area contributed by atoms with Gasteiger partial charge in [-0.1, -0.05) is 35.5 Å². The normalized spacial score (nSPS) is 10.6. The first-order chi connectivity index (χ1) is 8.43. The van der Waals surface area contributed by atoms with Crippen molar-refractivity contribution in [3.8, 4) is 5.75 Å². The van der Waals surface area contributed by atoms with Crippen LogP contribution in [-0.2, 0) is 6.61 Å². The van der Waals surface area contributed by atoms with Gasteiger partial charge < -0.3 is 4.74 Å². The minimum atomic E-state index is 0.547. The predicted octanol–water partition coefficient (Wildman–Crippen LogP) is 2.31. The molecule has 0 bridgehead atoms. The highest BCUT2D eigenvalue weighted by Gasteiger charge is 2.03. The van der Waals surface area contributed by atoms with Gasteiger partial charge in [-0.25, -0.2) is 4.52 Å². The number of hydrogen-bond donors (Lipinski definition) is 0. The standard InChI is InChI=1S/C13H11N3O/c1-2-5-11(6-3-1)10-17-13-7-4-8-16-12(13)9-14-15-16/h1-9H,10H2. The second-order valence-electron chi connectivity index (χ2n) is 3.71. The highest BCUT2D eigenvalue weighted by Crippen LogP contribution is 2.18. The van der Waals surface area contributed by atoms with E-state index in [-0.39, 0.29) is 0 Å². The van der Waals surface area contributed by atoms with Crippen LogP contribution in [0.4, 0.5) is 0 Å². The first-order valence-electron chi connectivity index (χ1n) is 5.39. The Hall–Kier alpha value is -2.36. The predicted molar refractivity (Wildman–Crippen MR) is 63.8 cm³/mol. The minimum absolute atomic E-state index is 0.547. The van der Waals surface area contributed by atoms with E-state index < -0.39 is 0 Å². The number of nitrogens with zero attached hydrogens (tertiary/aromatic N) is 3. The first kappa shape index (κ1) is 9.84. The van der Waals surface area contributed by atoms with Gasteiger partial charge in [0.2, 0.25) is 0 Å². The van der Waals surface area contributed by atoms with Crippen LogP contribution in [0.15, 0.2) is 54.9 Å². The van der Waals surface area contributed by atoms with Gasteiger partial charge in [-0.15, -0.1) is 5.10 Å². The van der Waals surface area contributed by atoms with Gasteiger partial charge >= 0.3 is 0 Å². The molecule has 0 atom stereocenters. The van der Waals surface area contributed by atoms with Gasteiger partial charge in [0.25, 0.3) is 0 Å². The molecule has 0 spiro atoms. The third-order valence-corrected chi connectivity index (χ3v) is 2.54. The molecule has 84 valence electrons. The molecular weight excluding hydrogens is 214 g/mol. The summed E-state index contributed by atoms with van der Waals surface area (Å²) in [4.78, 5) is 0. The first-order valence-corrected chi connectivity index (χ1v) is 5.39. The summed E-state index contributed by atoms with van der Waals surface area (Å²) in [6, 6.07) is 13.9. The lowest BCUT2D eigenvalue weighted by Crippen LogP contribution is -1.97. The summed E-state index contributed by atoms with van der Waals surface area (Å²) in [5, 5.41) is 7.77. The van der Waals surface area contributed by atoms with Gasteiger partial charge in [-0.05, 0) is 17.7 Å². The molecule has 2 aromatic heterocycles. The van der Waals surface area contributed by atoms with Gasteiger partial charge in [-0.2, -0.15) is 0 Å². The van der Waals surface area contributed by atoms with E-state index >= 15 is 0 Å². The summed E-state index contributed by atoms with van der Waals surface area (Å²) in [6.45, 7) is 0.547. The Morgan fingerprint density at radius 2 is 1.94 bits per heavy atom. The van der Waals surface area contributed by atoms with Crippen LogP contribution in [0.25, 0.3) is 5.52 Å². The summed E-state index contributed by atoms with van der Waals surface area (Å²) < 4.78 is 7.46. The molecule has 0 saturated heterocycles. The van der Waals surface area contributed by atoms with Crippen molar-refractivity contribution >= 4 is 5.52 Å². The van der Waals surface area contributed by atoms with Gasteiger partial charge in [-0.3, -0.25) is 0 Å². The summed E-state index contributed by atoms with van der Waals surface area (Å²) in [7, 11) is 0. The van der Waals surface area contributed by atoms with Crippen molar-refractivity contribution in [1.82, 2.24) is 14.8 Å². The quantitative estimate of drug-likeness (QED) is 0.686. The molecule has 0 N–H and O–H groups in total. The topological polar surface area (TPSA) is 39.4 Å². The van der Waals surface area contributed by atoms with E-state index in [1.807, 2.05) is 48.7 Å². The Bertz CT molecular complexity index is 619. The Labute approximate surface area is 98.5 Å². The van der Waals surface area contributed by atoms with Crippen LogP contribution in [0.5, 0.6) is 5.75 Å². The second kappa shape index (κ2) is 4.25. The van der Waals surface area contributed by atoms with E-state index in [4.69, 9.17) is 4.74 Å². The van der Waals surface area contributed by atoms with Crippen LogP contribution in [0.2, 0.25) is 0 Å². The lowest BCUT2D eigenvalue weighted by Gasteiger charge is -2.06. The highest BCUT2D eigenvalue weighted by atomic mass is 16.5. The van der Waals surface area contributed by atoms with Crippen molar-refractivity contribution < 1.29 is 4.74 Å². The molecule has 0 radical (unpaired) electrons. The van der Waals surface area contributed by atoms with Crippen LogP contribution in [-0.4, -0.2) is 14.8 Å². The third kappa shape index (κ3) is 1.97. The average Bonchev–Trinajstić information content (AvgIpc) is 2.86. The van der Waals surface area contributed by atoms with Crippen LogP contribution in [0.1, 0.15) is 5.56 Å². The SMILES string of the molecule is c1ccc(COc2cccn3nncc23)cc1. The van der Waals surface area contributed by atoms with Crippen LogP contribution in [0.3, 0.4) is 0 Å². The van der Waals surface area contributed by atoms with E-state index in [0.29, 0.717) is 6.61 Å². The molecule has 0 aliphatic rings. The number of pyridine rings is 1. The van der Waals surface area contributed by atoms with Crippen molar-refractivity contribution in [3.05, 3.63) is 60.4 Å². The van der Waals surface area contributed by atoms with Crippen molar-refractivity contribution in [3.63, 3.8) is 0 Å². The molecule has 0 amide bonds. The van der Waals surface area contributed by atoms with E-state index in [1.54, 1.807) is 10.7 Å². The molecule has 2 heterocycles. The summed E-state index contributed by atoms with van der Waals surface area (Å²) in [6.07, 6.45) is 3.54. The molecule has 0 saturated carbocycles. The lowest BCUT2D eigenvalue weighted by atomic mass is 10.2. The fourth-order valence-electron chi connectivity index (χ4n) is 1.68. The van der Waals surface area contributed by atoms with Gasteiger partial charge in [0.15, 0.2) is 0 Å². The Kier molecular flexibility index (Phi) is 2.46. The molecule has 4 heteroatoms. The number of fused-ring (bicyclic) bond motifs is 1. The molecule has 3 rings (SSSR count). The van der Waals surface area contributed by atoms with Crippen molar-refractivity contribution in [1.29, 1.82) is 0 Å². The van der Waals surface area contributed by atoms with Crippen LogP contribution >= 0.6 is 0 Å². The van der Waals surface area contributed by atoms with E-state index in [0.717, 1.165) is 16.8 Å². The summed E-state index contributed by atoms with van der Waals surface area (Å²) in [5.41, 5.74) is 2.02. The number of benzene rings is 1. The maximum atomic E-state index is 5.76. The van der Waals surface area contributed by atoms with Crippen LogP contribution < -0.4 is 4.74 Å². The Morgan fingerprint density at radius 1 is 1.06 bits per heavy atom. The minimum Gasteiger partial charge on any atom is -0.487 e. The largest absolute Gasteiger partial charge is 0.487 e. The number of hydrogen-bond acceptors (Lipinski definition) is 3. The lowest BCUT2D eigenvalue weighted by molar-refractivity contribution is 0.308. The number of ether oxygens (including phenoxy) is 1. The van der Waals surface area contributed by atoms with Gasteiger partial charge in [0.05, 0.1) is 6.20 Å². The number of rotatable bonds is 3. The number of aromatic nitrogens is 3. The van der Waals surface area contributed by atoms with Crippen molar-refractivity contribution in [2.75, 3.05) is 0 Å². The molecule has 3 aromatic rings. The van der Waals surface area contributed by atoms with Gasteiger partial charge in [0.1, 0.15) is 17.9 Å². The van der Waals surface area contributed by atoms with Crippen molar-refractivity contribution in [2.24, 2.45) is 0 Å². The fourth-order valence-corrected chi connectivity index (χ4v) is 1.68. The Balaban J connectivity index is 1.84. The molecule has 4 nitrogen and oxygen atoms in total. The fraction of sp³-hybridized carbons (Fsp3) is 0.0769. The zero-order valence-electron chi connectivity index (χ0n) is 9.15. The molecule has 0 fully saturated rings. The third-order valence-electron chi connectivity index (χ3n) is 2.54. The second-order valence-corrected chi connectivity index (χ2v) is 3.71. The van der Waals surface area contributed by atoms with Gasteiger partial charge in [0, 0.05) is 6.20 Å². The average molecular weight is 225 g/mol. The molecule has 1 aromatic carbocycles. The maximum absolute atomic E-state index is 5.76. The molecular formula is C13H11N3O. The monoisotopic (exact) mass is 225 g/mol. The van der Waals surface area contributed by atoms with Crippen molar-refractivity contribution in [2.45, 2.75) is 6.61 Å². The zero-order valence-corrected chi connectivity index (χ0v) is 9.15. The smallest absolute Gasteiger partial charge is 0.147 e. The molecule has 0 unspecified atom stereocenters. The maximum Gasteiger partial charge on any atom is 0.147 e. The summed E-state index contributed by atoms with van der Waals surface area (Å²) in [5.74, 6) is 0.793. The summed E-state index contributed by atoms with van der Waals surface area (Å²) >= 11 is 0. The molecule has 0 aliphatic carbocycles. The zero-order chi connectivity index (χ0) is 11.5. The van der Waals surface area contributed by atoms with E-state index in [2.05, 4.69) is 10.3 Å². The Morgan fingerprint density at radius 3 is 2.82 bits per heavy atom. The molecule has 0 aliphatic heterocycles. The van der Waals surface area contributed by atoms with E-state index in [9.17, 15) is 0 Å². The molecule has 17 heavy (non-hydrogen) atoms.